The predicted octanol–water partition coefficient (Wildman–Crippen LogP) is 1.89. The molecule has 3 rings (SSSR count). The highest BCUT2D eigenvalue weighted by atomic mass is 32.2. The summed E-state index contributed by atoms with van der Waals surface area (Å²) < 4.78 is 30.8. The lowest BCUT2D eigenvalue weighted by Crippen LogP contribution is -2.48. The molecule has 1 fully saturated rings. The topological polar surface area (TPSA) is 78.4 Å². The Balaban J connectivity index is 1.45. The molecule has 1 aromatic carbocycles. The molecule has 154 valence electrons. The van der Waals surface area contributed by atoms with Crippen LogP contribution < -0.4 is 9.62 Å². The van der Waals surface area contributed by atoms with Crippen LogP contribution in [-0.4, -0.2) is 67.2 Å². The number of piperazine rings is 1. The standard InChI is InChI=1S/C19H29N5O2S2/c1-15(2)28(25,26)20-8-9-23-10-12-24(13-11-23)19-21-18(22-27-19)14-17-6-4-16(3)5-7-17/h4-7,15,20H,8-14H2,1-3H3. The highest BCUT2D eigenvalue weighted by molar-refractivity contribution is 7.90. The van der Waals surface area contributed by atoms with Crippen molar-refractivity contribution in [2.45, 2.75) is 32.4 Å². The number of rotatable bonds is 8. The maximum absolute atomic E-state index is 11.8. The van der Waals surface area contributed by atoms with Gasteiger partial charge in [0.15, 0.2) is 0 Å². The van der Waals surface area contributed by atoms with Crippen LogP contribution >= 0.6 is 11.5 Å². The van der Waals surface area contributed by atoms with E-state index in [1.54, 1.807) is 13.8 Å². The van der Waals surface area contributed by atoms with Crippen LogP contribution in [0.5, 0.6) is 0 Å². The third kappa shape index (κ3) is 5.73. The number of nitrogens with one attached hydrogen (secondary N) is 1. The van der Waals surface area contributed by atoms with Gasteiger partial charge in [-0.1, -0.05) is 29.8 Å². The molecule has 0 aliphatic carbocycles. The molecule has 1 aliphatic rings. The zero-order valence-corrected chi connectivity index (χ0v) is 18.4. The summed E-state index contributed by atoms with van der Waals surface area (Å²) in [5, 5.41) is 0.582. The quantitative estimate of drug-likeness (QED) is 0.699. The maximum atomic E-state index is 11.8. The van der Waals surface area contributed by atoms with Gasteiger partial charge >= 0.3 is 0 Å². The Hall–Kier alpha value is -1.55. The second-order valence-electron chi connectivity index (χ2n) is 7.47. The van der Waals surface area contributed by atoms with Gasteiger partial charge in [0.2, 0.25) is 15.2 Å². The highest BCUT2D eigenvalue weighted by Crippen LogP contribution is 2.20. The van der Waals surface area contributed by atoms with Crippen molar-refractivity contribution in [1.82, 2.24) is 19.0 Å². The number of benzene rings is 1. The van der Waals surface area contributed by atoms with Crippen molar-refractivity contribution in [3.05, 3.63) is 41.2 Å². The second kappa shape index (κ2) is 9.30. The first-order valence-corrected chi connectivity index (χ1v) is 12.0. The molecule has 0 amide bonds. The molecule has 0 atom stereocenters. The van der Waals surface area contributed by atoms with Crippen molar-refractivity contribution in [3.63, 3.8) is 0 Å². The SMILES string of the molecule is Cc1ccc(Cc2nsc(N3CCN(CCNS(=O)(=O)C(C)C)CC3)n2)cc1. The molecule has 0 spiro atoms. The summed E-state index contributed by atoms with van der Waals surface area (Å²) in [6.45, 7) is 10.2. The molecule has 1 saturated heterocycles. The Kier molecular flexibility index (Phi) is 7.03. The van der Waals surface area contributed by atoms with E-state index in [1.165, 1.54) is 22.7 Å². The summed E-state index contributed by atoms with van der Waals surface area (Å²) in [5.74, 6) is 0.870. The van der Waals surface area contributed by atoms with E-state index >= 15 is 0 Å². The predicted molar refractivity (Wildman–Crippen MR) is 115 cm³/mol. The number of aryl methyl sites for hydroxylation is 1. The van der Waals surface area contributed by atoms with Crippen LogP contribution in [0.2, 0.25) is 0 Å². The van der Waals surface area contributed by atoms with Crippen LogP contribution in [0.3, 0.4) is 0 Å². The number of aromatic nitrogens is 2. The van der Waals surface area contributed by atoms with Crippen LogP contribution in [0.15, 0.2) is 24.3 Å². The lowest BCUT2D eigenvalue weighted by Gasteiger charge is -2.34. The Morgan fingerprint density at radius 1 is 1.14 bits per heavy atom. The number of hydrogen-bond acceptors (Lipinski definition) is 7. The molecule has 0 radical (unpaired) electrons. The average Bonchev–Trinajstić information content (AvgIpc) is 3.12. The number of sulfonamides is 1. The van der Waals surface area contributed by atoms with Gasteiger partial charge in [0.1, 0.15) is 5.82 Å². The van der Waals surface area contributed by atoms with Gasteiger partial charge in [0, 0.05) is 57.2 Å². The molecule has 0 unspecified atom stereocenters. The van der Waals surface area contributed by atoms with E-state index in [4.69, 9.17) is 4.98 Å². The molecule has 0 saturated carbocycles. The zero-order chi connectivity index (χ0) is 20.1. The van der Waals surface area contributed by atoms with E-state index < -0.39 is 15.3 Å². The van der Waals surface area contributed by atoms with Crippen LogP contribution in [-0.2, 0) is 16.4 Å². The van der Waals surface area contributed by atoms with Gasteiger partial charge in [-0.3, -0.25) is 4.90 Å². The summed E-state index contributed by atoms with van der Waals surface area (Å²) in [6, 6.07) is 8.48. The van der Waals surface area contributed by atoms with E-state index in [9.17, 15) is 8.42 Å². The van der Waals surface area contributed by atoms with Gasteiger partial charge in [-0.2, -0.15) is 4.37 Å². The molecular formula is C19H29N5O2S2. The van der Waals surface area contributed by atoms with Crippen molar-refractivity contribution in [2.24, 2.45) is 0 Å². The van der Waals surface area contributed by atoms with Crippen LogP contribution in [0.4, 0.5) is 5.13 Å². The molecule has 0 bridgehead atoms. The van der Waals surface area contributed by atoms with Crippen molar-refractivity contribution < 1.29 is 8.42 Å². The molecule has 1 aliphatic heterocycles. The minimum absolute atomic E-state index is 0.393. The average molecular weight is 424 g/mol. The zero-order valence-electron chi connectivity index (χ0n) is 16.8. The number of nitrogens with zero attached hydrogens (tertiary/aromatic N) is 4. The van der Waals surface area contributed by atoms with Crippen LogP contribution in [0.1, 0.15) is 30.8 Å². The molecule has 7 nitrogen and oxygen atoms in total. The highest BCUT2D eigenvalue weighted by Gasteiger charge is 2.21. The van der Waals surface area contributed by atoms with Crippen molar-refractivity contribution in [3.8, 4) is 0 Å². The Morgan fingerprint density at radius 2 is 1.82 bits per heavy atom. The summed E-state index contributed by atoms with van der Waals surface area (Å²) >= 11 is 1.46. The van der Waals surface area contributed by atoms with Gasteiger partial charge in [-0.05, 0) is 26.3 Å². The second-order valence-corrected chi connectivity index (χ2v) is 10.5. The fraction of sp³-hybridized carbons (Fsp3) is 0.579. The third-order valence-corrected chi connectivity index (χ3v) is 7.60. The lowest BCUT2D eigenvalue weighted by molar-refractivity contribution is 0.262. The fourth-order valence-electron chi connectivity index (χ4n) is 3.01. The van der Waals surface area contributed by atoms with Crippen LogP contribution in [0, 0.1) is 6.92 Å². The Morgan fingerprint density at radius 3 is 2.46 bits per heavy atom. The van der Waals surface area contributed by atoms with Crippen LogP contribution in [0.25, 0.3) is 0 Å². The summed E-state index contributed by atoms with van der Waals surface area (Å²) in [5.41, 5.74) is 2.48. The van der Waals surface area contributed by atoms with E-state index in [1.807, 2.05) is 0 Å². The lowest BCUT2D eigenvalue weighted by atomic mass is 10.1. The van der Waals surface area contributed by atoms with Gasteiger partial charge in [0.05, 0.1) is 5.25 Å². The Bertz CT molecular complexity index is 857. The van der Waals surface area contributed by atoms with Gasteiger partial charge in [0.25, 0.3) is 0 Å². The normalized spacial score (nSPS) is 16.1. The molecule has 28 heavy (non-hydrogen) atoms. The minimum Gasteiger partial charge on any atom is -0.344 e. The maximum Gasteiger partial charge on any atom is 0.213 e. The molecule has 1 aromatic heterocycles. The summed E-state index contributed by atoms with van der Waals surface area (Å²) in [4.78, 5) is 9.27. The summed E-state index contributed by atoms with van der Waals surface area (Å²) in [6.07, 6.45) is 0.757. The molecule has 2 heterocycles. The molecular weight excluding hydrogens is 394 g/mol. The number of anilines is 1. The minimum atomic E-state index is -3.18. The largest absolute Gasteiger partial charge is 0.344 e. The molecule has 1 N–H and O–H groups in total. The van der Waals surface area contributed by atoms with E-state index in [0.717, 1.165) is 50.1 Å². The van der Waals surface area contributed by atoms with Crippen molar-refractivity contribution >= 4 is 26.7 Å². The molecule has 9 heteroatoms. The van der Waals surface area contributed by atoms with E-state index in [-0.39, 0.29) is 0 Å². The third-order valence-electron chi connectivity index (χ3n) is 4.93. The fourth-order valence-corrected chi connectivity index (χ4v) is 4.45. The van der Waals surface area contributed by atoms with Gasteiger partial charge < -0.3 is 4.90 Å². The Labute approximate surface area is 172 Å². The first-order valence-electron chi connectivity index (χ1n) is 9.67. The van der Waals surface area contributed by atoms with Crippen molar-refractivity contribution in [2.75, 3.05) is 44.2 Å². The molecule has 2 aromatic rings. The van der Waals surface area contributed by atoms with Crippen molar-refractivity contribution in [1.29, 1.82) is 0 Å². The monoisotopic (exact) mass is 423 g/mol. The van der Waals surface area contributed by atoms with E-state index in [0.29, 0.717) is 6.54 Å². The van der Waals surface area contributed by atoms with Gasteiger partial charge in [-0.25, -0.2) is 18.1 Å². The van der Waals surface area contributed by atoms with Gasteiger partial charge in [-0.15, -0.1) is 0 Å². The summed E-state index contributed by atoms with van der Waals surface area (Å²) in [7, 11) is -3.18. The van der Waals surface area contributed by atoms with E-state index in [2.05, 4.69) is 50.1 Å². The number of hydrogen-bond donors (Lipinski definition) is 1. The first kappa shape index (κ1) is 21.2. The first-order chi connectivity index (χ1) is 13.3. The smallest absolute Gasteiger partial charge is 0.213 e.